The smallest absolute Gasteiger partial charge is 0.219 e. The zero-order valence-electron chi connectivity index (χ0n) is 13.3. The molecule has 0 bridgehead atoms. The Bertz CT molecular complexity index is 1200. The molecule has 2 heterocycles. The highest BCUT2D eigenvalue weighted by molar-refractivity contribution is 6.03. The van der Waals surface area contributed by atoms with Crippen LogP contribution in [-0.4, -0.2) is 9.97 Å². The van der Waals surface area contributed by atoms with E-state index in [0.29, 0.717) is 18.2 Å². The van der Waals surface area contributed by atoms with Crippen molar-refractivity contribution in [1.29, 1.82) is 0 Å². The normalized spacial score (nSPS) is 12.0. The van der Waals surface area contributed by atoms with E-state index in [4.69, 9.17) is 8.83 Å². The minimum atomic E-state index is 0.586. The zero-order valence-corrected chi connectivity index (χ0v) is 13.3. The van der Waals surface area contributed by atoms with Gasteiger partial charge in [0.25, 0.3) is 0 Å². The molecule has 4 heteroatoms. The molecule has 0 spiro atoms. The number of aromatic nitrogens is 2. The lowest BCUT2D eigenvalue weighted by atomic mass is 10.1. The van der Waals surface area contributed by atoms with E-state index >= 15 is 0 Å². The topological polar surface area (TPSA) is 52.1 Å². The second kappa shape index (κ2) is 5.60. The number of hydrogen-bond acceptors (Lipinski definition) is 4. The summed E-state index contributed by atoms with van der Waals surface area (Å²) >= 11 is 0. The molecule has 0 radical (unpaired) electrons. The summed E-state index contributed by atoms with van der Waals surface area (Å²) in [6.07, 6.45) is 4.41. The van der Waals surface area contributed by atoms with Gasteiger partial charge in [-0.15, -0.1) is 0 Å². The zero-order chi connectivity index (χ0) is 16.6. The molecule has 3 aromatic carbocycles. The largest absolute Gasteiger partial charge is 0.440 e. The summed E-state index contributed by atoms with van der Waals surface area (Å²) in [6, 6.07) is 19.9. The van der Waals surface area contributed by atoms with Crippen LogP contribution in [0.25, 0.3) is 39.0 Å². The summed E-state index contributed by atoms with van der Waals surface area (Å²) in [5, 5.41) is 2.26. The molecule has 0 unspecified atom stereocenters. The lowest BCUT2D eigenvalue weighted by molar-refractivity contribution is 0.546. The molecule has 0 aliphatic rings. The van der Waals surface area contributed by atoms with Crippen molar-refractivity contribution in [2.45, 2.75) is 6.42 Å². The van der Waals surface area contributed by atoms with Crippen LogP contribution >= 0.6 is 0 Å². The van der Waals surface area contributed by atoms with Gasteiger partial charge < -0.3 is 8.83 Å². The van der Waals surface area contributed by atoms with Gasteiger partial charge in [-0.25, -0.2) is 9.97 Å². The van der Waals surface area contributed by atoms with Crippen LogP contribution < -0.4 is 0 Å². The molecule has 5 aromatic rings. The van der Waals surface area contributed by atoms with E-state index in [0.717, 1.165) is 33.0 Å². The molecule has 5 rings (SSSR count). The van der Waals surface area contributed by atoms with Crippen molar-refractivity contribution in [2.24, 2.45) is 0 Å². The molecule has 0 amide bonds. The van der Waals surface area contributed by atoms with Crippen LogP contribution in [0.1, 0.15) is 11.8 Å². The summed E-state index contributed by atoms with van der Waals surface area (Å²) in [4.78, 5) is 9.07. The first-order valence-electron chi connectivity index (χ1n) is 8.16. The minimum Gasteiger partial charge on any atom is -0.440 e. The Morgan fingerprint density at radius 1 is 0.800 bits per heavy atom. The number of rotatable bonds is 3. The SMILES string of the molecule is C(=Cc1nc2c(ccc3ccccc32)o1)Cc1nc2ccccc2o1. The van der Waals surface area contributed by atoms with E-state index in [1.807, 2.05) is 54.6 Å². The van der Waals surface area contributed by atoms with E-state index in [2.05, 4.69) is 28.2 Å². The molecule has 0 aliphatic heterocycles. The number of para-hydroxylation sites is 2. The maximum Gasteiger partial charge on any atom is 0.219 e. The maximum atomic E-state index is 5.82. The van der Waals surface area contributed by atoms with Crippen LogP contribution in [0.15, 0.2) is 75.6 Å². The molecular weight excluding hydrogens is 312 g/mol. The van der Waals surface area contributed by atoms with E-state index in [-0.39, 0.29) is 0 Å². The van der Waals surface area contributed by atoms with Crippen molar-refractivity contribution in [1.82, 2.24) is 9.97 Å². The van der Waals surface area contributed by atoms with Gasteiger partial charge in [0.1, 0.15) is 11.0 Å². The Morgan fingerprint density at radius 3 is 2.64 bits per heavy atom. The van der Waals surface area contributed by atoms with E-state index in [1.54, 1.807) is 0 Å². The fraction of sp³-hybridized carbons (Fsp3) is 0.0476. The first-order chi connectivity index (χ1) is 12.4. The predicted octanol–water partition coefficient (Wildman–Crippen LogP) is 5.38. The van der Waals surface area contributed by atoms with Gasteiger partial charge >= 0.3 is 0 Å². The van der Waals surface area contributed by atoms with Gasteiger partial charge in [-0.2, -0.15) is 0 Å². The summed E-state index contributed by atoms with van der Waals surface area (Å²) in [7, 11) is 0. The average Bonchev–Trinajstić information content (AvgIpc) is 3.25. The standard InChI is InChI=1S/C21H14N2O2/c1-2-7-15-14(6-1)12-13-18-21(15)23-20(25-18)11-5-10-19-22-16-8-3-4-9-17(16)24-19/h1-9,11-13H,10H2. The summed E-state index contributed by atoms with van der Waals surface area (Å²) in [6.45, 7) is 0. The average molecular weight is 326 g/mol. The Morgan fingerprint density at radius 2 is 1.68 bits per heavy atom. The molecule has 25 heavy (non-hydrogen) atoms. The van der Waals surface area contributed by atoms with Crippen LogP contribution in [0.3, 0.4) is 0 Å². The van der Waals surface area contributed by atoms with Crippen LogP contribution in [0.2, 0.25) is 0 Å². The van der Waals surface area contributed by atoms with Crippen molar-refractivity contribution in [3.8, 4) is 0 Å². The molecule has 0 atom stereocenters. The maximum absolute atomic E-state index is 5.82. The molecule has 0 saturated carbocycles. The minimum absolute atomic E-state index is 0.586. The van der Waals surface area contributed by atoms with Crippen molar-refractivity contribution in [2.75, 3.05) is 0 Å². The quantitative estimate of drug-likeness (QED) is 0.447. The van der Waals surface area contributed by atoms with Gasteiger partial charge in [-0.05, 0) is 29.7 Å². The Balaban J connectivity index is 1.45. The van der Waals surface area contributed by atoms with E-state index in [9.17, 15) is 0 Å². The highest BCUT2D eigenvalue weighted by Crippen LogP contribution is 2.26. The third-order valence-electron chi connectivity index (χ3n) is 4.19. The number of oxazole rings is 2. The van der Waals surface area contributed by atoms with Gasteiger partial charge in [0.05, 0.1) is 0 Å². The molecule has 0 N–H and O–H groups in total. The predicted molar refractivity (Wildman–Crippen MR) is 98.3 cm³/mol. The van der Waals surface area contributed by atoms with Crippen molar-refractivity contribution < 1.29 is 8.83 Å². The fourth-order valence-electron chi connectivity index (χ4n) is 3.02. The number of fused-ring (bicyclic) bond motifs is 4. The monoisotopic (exact) mass is 326 g/mol. The Hall–Kier alpha value is -3.40. The van der Waals surface area contributed by atoms with Crippen LogP contribution in [0, 0.1) is 0 Å². The highest BCUT2D eigenvalue weighted by Gasteiger charge is 2.07. The molecular formula is C21H14N2O2. The van der Waals surface area contributed by atoms with Crippen molar-refractivity contribution in [3.05, 3.63) is 78.5 Å². The van der Waals surface area contributed by atoms with E-state index in [1.165, 1.54) is 0 Å². The van der Waals surface area contributed by atoms with Crippen LogP contribution in [0.5, 0.6) is 0 Å². The second-order valence-corrected chi connectivity index (χ2v) is 5.87. The van der Waals surface area contributed by atoms with E-state index < -0.39 is 0 Å². The first-order valence-corrected chi connectivity index (χ1v) is 8.16. The van der Waals surface area contributed by atoms with Gasteiger partial charge in [-0.3, -0.25) is 0 Å². The molecule has 0 aliphatic carbocycles. The lowest BCUT2D eigenvalue weighted by Gasteiger charge is -1.95. The van der Waals surface area contributed by atoms with Gasteiger partial charge in [0.15, 0.2) is 17.1 Å². The fourth-order valence-corrected chi connectivity index (χ4v) is 3.02. The lowest BCUT2D eigenvalue weighted by Crippen LogP contribution is -1.79. The number of benzene rings is 3. The van der Waals surface area contributed by atoms with Crippen molar-refractivity contribution in [3.63, 3.8) is 0 Å². The molecule has 2 aromatic heterocycles. The number of hydrogen-bond donors (Lipinski definition) is 0. The van der Waals surface area contributed by atoms with Crippen molar-refractivity contribution >= 4 is 39.0 Å². The number of allylic oxidation sites excluding steroid dienone is 1. The summed E-state index contributed by atoms with van der Waals surface area (Å²) in [5.41, 5.74) is 3.36. The molecule has 0 fully saturated rings. The van der Waals surface area contributed by atoms with Gasteiger partial charge in [0.2, 0.25) is 5.89 Å². The Kier molecular flexibility index (Phi) is 3.13. The van der Waals surface area contributed by atoms with Crippen LogP contribution in [-0.2, 0) is 6.42 Å². The molecule has 0 saturated heterocycles. The third-order valence-corrected chi connectivity index (χ3v) is 4.19. The third kappa shape index (κ3) is 2.48. The van der Waals surface area contributed by atoms with Gasteiger partial charge in [0, 0.05) is 11.8 Å². The first kappa shape index (κ1) is 14.0. The molecule has 120 valence electrons. The summed E-state index contributed by atoms with van der Waals surface area (Å²) in [5.74, 6) is 1.27. The second-order valence-electron chi connectivity index (χ2n) is 5.87. The molecule has 4 nitrogen and oxygen atoms in total. The van der Waals surface area contributed by atoms with Gasteiger partial charge in [-0.1, -0.05) is 48.5 Å². The van der Waals surface area contributed by atoms with Crippen LogP contribution in [0.4, 0.5) is 0 Å². The highest BCUT2D eigenvalue weighted by atomic mass is 16.4. The number of nitrogens with zero attached hydrogens (tertiary/aromatic N) is 2. The summed E-state index contributed by atoms with van der Waals surface area (Å²) < 4.78 is 11.5. The Labute approximate surface area is 143 Å².